The Balaban J connectivity index is 3.79. The van der Waals surface area contributed by atoms with Crippen LogP contribution in [0.2, 0.25) is 25.1 Å². The summed E-state index contributed by atoms with van der Waals surface area (Å²) >= 11 is 28.4. The minimum Gasteiger partial charge on any atom is -0.264 e. The van der Waals surface area contributed by atoms with E-state index in [-0.39, 0.29) is 25.1 Å². The fourth-order valence-corrected chi connectivity index (χ4v) is 3.44. The van der Waals surface area contributed by atoms with Gasteiger partial charge in [-0.1, -0.05) is 58.0 Å². The normalized spacial score (nSPS) is 11.9. The molecule has 0 atom stereocenters. The van der Waals surface area contributed by atoms with E-state index in [9.17, 15) is 8.42 Å². The molecule has 1 aromatic carbocycles. The van der Waals surface area contributed by atoms with Gasteiger partial charge in [0.05, 0.1) is 32.2 Å². The van der Waals surface area contributed by atoms with Crippen molar-refractivity contribution < 1.29 is 12.6 Å². The zero-order valence-corrected chi connectivity index (χ0v) is 11.8. The summed E-state index contributed by atoms with van der Waals surface area (Å²) in [6, 6.07) is 0. The van der Waals surface area contributed by atoms with Gasteiger partial charge in [0.25, 0.3) is 10.1 Å². The highest BCUT2D eigenvalue weighted by Gasteiger charge is 2.28. The Kier molecular flexibility index (Phi) is 4.63. The highest BCUT2D eigenvalue weighted by Crippen LogP contribution is 2.46. The molecule has 0 heterocycles. The molecule has 9 heteroatoms. The van der Waals surface area contributed by atoms with Crippen LogP contribution in [0.3, 0.4) is 0 Å². The number of rotatable bonds is 2. The third-order valence-electron chi connectivity index (χ3n) is 1.57. The second kappa shape index (κ2) is 5.06. The van der Waals surface area contributed by atoms with Gasteiger partial charge in [-0.2, -0.15) is 8.42 Å². The zero-order chi connectivity index (χ0) is 12.7. The first-order valence-corrected chi connectivity index (χ1v) is 6.74. The van der Waals surface area contributed by atoms with Gasteiger partial charge in [-0.15, -0.1) is 0 Å². The van der Waals surface area contributed by atoms with Gasteiger partial charge in [0.15, 0.2) is 0 Å². The molecule has 0 unspecified atom stereocenters. The second-order valence-corrected chi connectivity index (χ2v) is 5.91. The van der Waals surface area contributed by atoms with Crippen LogP contribution in [0.4, 0.5) is 0 Å². The number of benzene rings is 1. The van der Waals surface area contributed by atoms with E-state index in [1.165, 1.54) is 0 Å². The number of hydrogen-bond acceptors (Lipinski definition) is 3. The summed E-state index contributed by atoms with van der Waals surface area (Å²) in [7, 11) is -1.45. The Labute approximate surface area is 117 Å². The van der Waals surface area contributed by atoms with Crippen LogP contribution < -0.4 is 0 Å². The first kappa shape index (κ1) is 14.6. The molecule has 0 aliphatic heterocycles. The lowest BCUT2D eigenvalue weighted by molar-refractivity contribution is 0.438. The quantitative estimate of drug-likeness (QED) is 0.453. The molecule has 0 saturated carbocycles. The molecule has 1 aromatic rings. The van der Waals surface area contributed by atoms with Crippen LogP contribution in [0.15, 0.2) is 4.90 Å². The van der Waals surface area contributed by atoms with Gasteiger partial charge >= 0.3 is 0 Å². The van der Waals surface area contributed by atoms with Crippen molar-refractivity contribution in [2.45, 2.75) is 4.90 Å². The van der Waals surface area contributed by atoms with E-state index >= 15 is 0 Å². The Morgan fingerprint density at radius 2 is 1.12 bits per heavy atom. The maximum absolute atomic E-state index is 11.4. The summed E-state index contributed by atoms with van der Waals surface area (Å²) in [6.07, 6.45) is 0. The zero-order valence-electron chi connectivity index (χ0n) is 7.23. The maximum Gasteiger partial charge on any atom is 0.300 e. The fraction of sp³-hybridized carbons (Fsp3) is 0. The molecule has 0 amide bonds. The van der Waals surface area contributed by atoms with Crippen molar-refractivity contribution in [1.29, 1.82) is 0 Å². The van der Waals surface area contributed by atoms with Crippen LogP contribution in [0, 0.1) is 7.11 Å². The minimum absolute atomic E-state index is 0.138. The highest BCUT2D eigenvalue weighted by atomic mass is 35.5. The average molecular weight is 343 g/mol. The third-order valence-corrected chi connectivity index (χ3v) is 5.29. The van der Waals surface area contributed by atoms with Crippen LogP contribution in [0.5, 0.6) is 0 Å². The number of halogens is 5. The topological polar surface area (TPSA) is 43.4 Å². The van der Waals surface area contributed by atoms with Gasteiger partial charge in [-0.3, -0.25) is 4.18 Å². The molecular weight excluding hydrogens is 341 g/mol. The van der Waals surface area contributed by atoms with Crippen LogP contribution in [-0.4, -0.2) is 8.42 Å². The molecule has 0 fully saturated rings. The SMILES string of the molecule is [CH2]OS(=O)(=O)c1c(Cl)c(Cl)c(Cl)c(Cl)c1Cl. The van der Waals surface area contributed by atoms with Gasteiger partial charge < -0.3 is 0 Å². The first-order chi connectivity index (χ1) is 7.24. The maximum atomic E-state index is 11.4. The Hall–Kier alpha value is 0.580. The molecule has 1 radical (unpaired) electrons. The molecule has 0 aliphatic carbocycles. The lowest BCUT2D eigenvalue weighted by Gasteiger charge is -2.11. The predicted octanol–water partition coefficient (Wildman–Crippen LogP) is 4.45. The molecule has 3 nitrogen and oxygen atoms in total. The molecule has 0 aliphatic rings. The standard InChI is InChI=1S/C7H2Cl5O3S/c1-15-16(13,14)7-5(11)3(9)2(8)4(10)6(7)12/h1H2. The Morgan fingerprint density at radius 3 is 1.44 bits per heavy atom. The third kappa shape index (κ3) is 2.38. The van der Waals surface area contributed by atoms with Crippen LogP contribution >= 0.6 is 58.0 Å². The summed E-state index contributed by atoms with van der Waals surface area (Å²) in [5.74, 6) is 0. The number of hydrogen-bond donors (Lipinski definition) is 0. The summed E-state index contributed by atoms with van der Waals surface area (Å²) in [5.41, 5.74) is 0. The minimum atomic E-state index is -4.22. The van der Waals surface area contributed by atoms with Gasteiger partial charge in [0.1, 0.15) is 4.90 Å². The van der Waals surface area contributed by atoms with Crippen molar-refractivity contribution in [2.75, 3.05) is 0 Å². The largest absolute Gasteiger partial charge is 0.300 e. The first-order valence-electron chi connectivity index (χ1n) is 3.44. The smallest absolute Gasteiger partial charge is 0.264 e. The molecule has 89 valence electrons. The van der Waals surface area contributed by atoms with E-state index in [2.05, 4.69) is 11.3 Å². The summed E-state index contributed by atoms with van der Waals surface area (Å²) in [4.78, 5) is -0.565. The van der Waals surface area contributed by atoms with E-state index in [0.717, 1.165) is 0 Å². The Morgan fingerprint density at radius 1 is 0.812 bits per heavy atom. The molecule has 0 bridgehead atoms. The predicted molar refractivity (Wildman–Crippen MR) is 65.1 cm³/mol. The van der Waals surface area contributed by atoms with Gasteiger partial charge in [0, 0.05) is 0 Å². The van der Waals surface area contributed by atoms with Crippen molar-refractivity contribution >= 4 is 68.1 Å². The molecule has 0 spiro atoms. The Bertz CT molecular complexity index is 510. The van der Waals surface area contributed by atoms with E-state index in [4.69, 9.17) is 58.0 Å². The molecule has 0 N–H and O–H groups in total. The van der Waals surface area contributed by atoms with Crippen molar-refractivity contribution in [2.24, 2.45) is 0 Å². The highest BCUT2D eigenvalue weighted by molar-refractivity contribution is 7.87. The van der Waals surface area contributed by atoms with Gasteiger partial charge in [0.2, 0.25) is 0 Å². The van der Waals surface area contributed by atoms with Crippen molar-refractivity contribution in [3.8, 4) is 0 Å². The van der Waals surface area contributed by atoms with E-state index in [1.807, 2.05) is 0 Å². The lowest BCUT2D eigenvalue weighted by atomic mass is 10.3. The lowest BCUT2D eigenvalue weighted by Crippen LogP contribution is -2.04. The van der Waals surface area contributed by atoms with Crippen molar-refractivity contribution in [1.82, 2.24) is 0 Å². The molecule has 0 aromatic heterocycles. The monoisotopic (exact) mass is 341 g/mol. The summed E-state index contributed by atoms with van der Waals surface area (Å²) in [5, 5.41) is -1.34. The van der Waals surface area contributed by atoms with Gasteiger partial charge in [-0.25, -0.2) is 0 Å². The van der Waals surface area contributed by atoms with Crippen LogP contribution in [0.1, 0.15) is 0 Å². The molecule has 1 rings (SSSR count). The fourth-order valence-electron chi connectivity index (χ4n) is 0.863. The molecular formula is C7H2Cl5O3S. The van der Waals surface area contributed by atoms with Crippen molar-refractivity contribution in [3.05, 3.63) is 32.2 Å². The van der Waals surface area contributed by atoms with Crippen LogP contribution in [-0.2, 0) is 14.3 Å². The van der Waals surface area contributed by atoms with E-state index < -0.39 is 15.0 Å². The summed E-state index contributed by atoms with van der Waals surface area (Å²) in [6.45, 7) is 0. The summed E-state index contributed by atoms with van der Waals surface area (Å²) < 4.78 is 26.9. The van der Waals surface area contributed by atoms with E-state index in [0.29, 0.717) is 0 Å². The van der Waals surface area contributed by atoms with Crippen LogP contribution in [0.25, 0.3) is 0 Å². The molecule has 16 heavy (non-hydrogen) atoms. The van der Waals surface area contributed by atoms with Crippen molar-refractivity contribution in [3.63, 3.8) is 0 Å². The molecule has 0 saturated heterocycles. The second-order valence-electron chi connectivity index (χ2n) is 2.47. The average Bonchev–Trinajstić information content (AvgIpc) is 2.23. The van der Waals surface area contributed by atoms with E-state index in [1.54, 1.807) is 0 Å². The van der Waals surface area contributed by atoms with Gasteiger partial charge in [-0.05, 0) is 0 Å².